The molecule has 0 aromatic heterocycles. The highest BCUT2D eigenvalue weighted by molar-refractivity contribution is 5.79. The lowest BCUT2D eigenvalue weighted by molar-refractivity contribution is -0.152. The van der Waals surface area contributed by atoms with Gasteiger partial charge in [-0.25, -0.2) is 0 Å². The third-order valence-electron chi connectivity index (χ3n) is 6.84. The van der Waals surface area contributed by atoms with Crippen LogP contribution in [0.1, 0.15) is 89.2 Å². The molecule has 6 heteroatoms. The highest BCUT2D eigenvalue weighted by atomic mass is 16.5. The largest absolute Gasteiger partial charge is 0.481 e. The predicted molar refractivity (Wildman–Crippen MR) is 129 cm³/mol. The molecule has 184 valence electrons. The van der Waals surface area contributed by atoms with E-state index in [1.54, 1.807) is 6.92 Å². The summed E-state index contributed by atoms with van der Waals surface area (Å²) < 4.78 is 5.51. The van der Waals surface area contributed by atoms with Gasteiger partial charge < -0.3 is 14.7 Å². The number of aliphatic carboxylic acids is 1. The van der Waals surface area contributed by atoms with Gasteiger partial charge in [0.1, 0.15) is 0 Å². The summed E-state index contributed by atoms with van der Waals surface area (Å²) in [5.41, 5.74) is 2.44. The number of aryl methyl sites for hydroxylation is 1. The maximum absolute atomic E-state index is 13.0. The Morgan fingerprint density at radius 2 is 1.82 bits per heavy atom. The molecule has 4 unspecified atom stereocenters. The molecule has 1 N–H and O–H groups in total. The second-order valence-electron chi connectivity index (χ2n) is 9.52. The van der Waals surface area contributed by atoms with Gasteiger partial charge in [-0.05, 0) is 56.9 Å². The van der Waals surface area contributed by atoms with E-state index in [1.807, 2.05) is 11.8 Å². The first kappa shape index (κ1) is 26.9. The van der Waals surface area contributed by atoms with Crippen LogP contribution in [0.15, 0.2) is 24.3 Å². The Morgan fingerprint density at radius 1 is 1.12 bits per heavy atom. The summed E-state index contributed by atoms with van der Waals surface area (Å²) in [4.78, 5) is 39.1. The molecule has 0 saturated carbocycles. The fraction of sp³-hybridized carbons (Fsp3) is 0.667. The molecule has 0 aliphatic carbocycles. The van der Waals surface area contributed by atoms with Crippen LogP contribution in [0, 0.1) is 18.8 Å². The quantitative estimate of drug-likeness (QED) is 0.300. The van der Waals surface area contributed by atoms with Crippen molar-refractivity contribution in [2.24, 2.45) is 11.8 Å². The number of hydrogen-bond acceptors (Lipinski definition) is 4. The van der Waals surface area contributed by atoms with Gasteiger partial charge in [-0.2, -0.15) is 0 Å². The van der Waals surface area contributed by atoms with E-state index >= 15 is 0 Å². The molecule has 1 heterocycles. The van der Waals surface area contributed by atoms with Gasteiger partial charge in [0.25, 0.3) is 0 Å². The summed E-state index contributed by atoms with van der Waals surface area (Å²) in [6, 6.07) is 8.40. The number of carboxylic acid groups (broad SMARTS) is 1. The average molecular weight is 460 g/mol. The minimum atomic E-state index is -0.916. The van der Waals surface area contributed by atoms with E-state index in [0.717, 1.165) is 32.1 Å². The van der Waals surface area contributed by atoms with Crippen LogP contribution in [0.5, 0.6) is 0 Å². The minimum absolute atomic E-state index is 0.115. The van der Waals surface area contributed by atoms with Crippen molar-refractivity contribution < 1.29 is 24.2 Å². The highest BCUT2D eigenvalue weighted by Gasteiger charge is 2.35. The van der Waals surface area contributed by atoms with Crippen molar-refractivity contribution in [3.8, 4) is 0 Å². The smallest absolute Gasteiger partial charge is 0.309 e. The van der Waals surface area contributed by atoms with Crippen LogP contribution in [0.2, 0.25) is 0 Å². The summed E-state index contributed by atoms with van der Waals surface area (Å²) in [5.74, 6) is -2.05. The standard InChI is InChI=1S/C27H41NO5/c1-5-7-15-33-27(32)23(16-20(4)26(30)31)18-24(28-14-8-9-25(28)29)17-21(6-2)22-12-10-19(3)11-13-22/h10-13,20-21,23-24H,5-9,14-18H2,1-4H3,(H,30,31). The number of carboxylic acids is 1. The summed E-state index contributed by atoms with van der Waals surface area (Å²) in [6.45, 7) is 8.92. The number of nitrogens with zero attached hydrogens (tertiary/aromatic N) is 1. The van der Waals surface area contributed by atoms with E-state index in [-0.39, 0.29) is 30.3 Å². The second-order valence-corrected chi connectivity index (χ2v) is 9.52. The monoisotopic (exact) mass is 459 g/mol. The number of carbonyl (C=O) groups excluding carboxylic acids is 2. The van der Waals surface area contributed by atoms with E-state index in [2.05, 4.69) is 38.1 Å². The predicted octanol–water partition coefficient (Wildman–Crippen LogP) is 5.33. The van der Waals surface area contributed by atoms with E-state index in [9.17, 15) is 19.5 Å². The van der Waals surface area contributed by atoms with Gasteiger partial charge in [0.2, 0.25) is 5.91 Å². The van der Waals surface area contributed by atoms with Gasteiger partial charge in [-0.15, -0.1) is 0 Å². The number of carbonyl (C=O) groups is 3. The van der Waals surface area contributed by atoms with E-state index in [1.165, 1.54) is 11.1 Å². The molecular formula is C27H41NO5. The Bertz CT molecular complexity index is 775. The molecule has 1 saturated heterocycles. The van der Waals surface area contributed by atoms with Crippen molar-refractivity contribution in [3.05, 3.63) is 35.4 Å². The molecule has 2 rings (SSSR count). The summed E-state index contributed by atoms with van der Waals surface area (Å²) >= 11 is 0. The van der Waals surface area contributed by atoms with Crippen molar-refractivity contribution in [2.75, 3.05) is 13.2 Å². The van der Waals surface area contributed by atoms with E-state index in [0.29, 0.717) is 26.0 Å². The first-order chi connectivity index (χ1) is 15.8. The molecule has 1 amide bonds. The van der Waals surface area contributed by atoms with Crippen molar-refractivity contribution in [2.45, 2.75) is 91.0 Å². The van der Waals surface area contributed by atoms with Crippen molar-refractivity contribution >= 4 is 17.8 Å². The van der Waals surface area contributed by atoms with E-state index < -0.39 is 17.8 Å². The molecule has 33 heavy (non-hydrogen) atoms. The van der Waals surface area contributed by atoms with Gasteiger partial charge in [0.05, 0.1) is 18.4 Å². The van der Waals surface area contributed by atoms with Crippen LogP contribution in [0.4, 0.5) is 0 Å². The number of unbranched alkanes of at least 4 members (excludes halogenated alkanes) is 1. The summed E-state index contributed by atoms with van der Waals surface area (Å²) in [5, 5.41) is 9.45. The fourth-order valence-corrected chi connectivity index (χ4v) is 4.69. The number of likely N-dealkylation sites (tertiary alicyclic amines) is 1. The lowest BCUT2D eigenvalue weighted by atomic mass is 9.83. The molecule has 4 atom stereocenters. The van der Waals surface area contributed by atoms with Gasteiger partial charge >= 0.3 is 11.9 Å². The van der Waals surface area contributed by atoms with Gasteiger partial charge in [0.15, 0.2) is 0 Å². The Balaban J connectivity index is 2.26. The number of hydrogen-bond donors (Lipinski definition) is 1. The van der Waals surface area contributed by atoms with Crippen LogP contribution in [0.25, 0.3) is 0 Å². The fourth-order valence-electron chi connectivity index (χ4n) is 4.69. The van der Waals surface area contributed by atoms with Gasteiger partial charge in [-0.3, -0.25) is 14.4 Å². The van der Waals surface area contributed by atoms with Gasteiger partial charge in [-0.1, -0.05) is 57.0 Å². The van der Waals surface area contributed by atoms with Crippen LogP contribution < -0.4 is 0 Å². The van der Waals surface area contributed by atoms with Crippen LogP contribution >= 0.6 is 0 Å². The zero-order chi connectivity index (χ0) is 24.4. The Kier molecular flexibility index (Phi) is 10.9. The van der Waals surface area contributed by atoms with E-state index in [4.69, 9.17) is 4.74 Å². The van der Waals surface area contributed by atoms with Crippen molar-refractivity contribution in [1.82, 2.24) is 4.90 Å². The van der Waals surface area contributed by atoms with Crippen LogP contribution in [-0.4, -0.2) is 47.0 Å². The van der Waals surface area contributed by atoms with Crippen LogP contribution in [-0.2, 0) is 19.1 Å². The maximum Gasteiger partial charge on any atom is 0.309 e. The molecule has 1 aromatic rings. The number of ether oxygens (including phenoxy) is 1. The maximum atomic E-state index is 13.0. The zero-order valence-corrected chi connectivity index (χ0v) is 20.7. The third-order valence-corrected chi connectivity index (χ3v) is 6.84. The molecule has 1 aliphatic rings. The topological polar surface area (TPSA) is 83.9 Å². The summed E-state index contributed by atoms with van der Waals surface area (Å²) in [6.07, 6.45) is 5.42. The Hall–Kier alpha value is -2.37. The third kappa shape index (κ3) is 8.17. The zero-order valence-electron chi connectivity index (χ0n) is 20.7. The molecule has 6 nitrogen and oxygen atoms in total. The lowest BCUT2D eigenvalue weighted by Gasteiger charge is -2.33. The number of esters is 1. The molecule has 0 bridgehead atoms. The Morgan fingerprint density at radius 3 is 2.36 bits per heavy atom. The average Bonchev–Trinajstić information content (AvgIpc) is 3.22. The SMILES string of the molecule is CCCCOC(=O)C(CC(C)C(=O)O)CC(CC(CC)c1ccc(C)cc1)N1CCCC1=O. The molecule has 1 fully saturated rings. The lowest BCUT2D eigenvalue weighted by Crippen LogP contribution is -2.40. The minimum Gasteiger partial charge on any atom is -0.481 e. The van der Waals surface area contributed by atoms with Crippen LogP contribution in [0.3, 0.4) is 0 Å². The van der Waals surface area contributed by atoms with Gasteiger partial charge in [0, 0.05) is 19.0 Å². The van der Waals surface area contributed by atoms with Crippen molar-refractivity contribution in [1.29, 1.82) is 0 Å². The Labute approximate surface area is 198 Å². The summed E-state index contributed by atoms with van der Waals surface area (Å²) in [7, 11) is 0. The number of benzene rings is 1. The first-order valence-corrected chi connectivity index (χ1v) is 12.5. The molecule has 0 spiro atoms. The highest BCUT2D eigenvalue weighted by Crippen LogP contribution is 2.33. The molecule has 1 aliphatic heterocycles. The molecule has 1 aromatic carbocycles. The first-order valence-electron chi connectivity index (χ1n) is 12.5. The van der Waals surface area contributed by atoms with Crippen molar-refractivity contribution in [3.63, 3.8) is 0 Å². The molecular weight excluding hydrogens is 418 g/mol. The number of amides is 1. The molecule has 0 radical (unpaired) electrons. The second kappa shape index (κ2) is 13.4. The number of rotatable bonds is 14. The normalized spacial score (nSPS) is 17.5.